The first-order valence-corrected chi connectivity index (χ1v) is 7.21. The fourth-order valence-electron chi connectivity index (χ4n) is 2.32. The molecule has 0 aliphatic carbocycles. The van der Waals surface area contributed by atoms with Crippen molar-refractivity contribution in [2.75, 3.05) is 20.8 Å². The molecule has 0 bridgehead atoms. The number of carbonyl (C=O) groups is 1. The number of benzene rings is 1. The van der Waals surface area contributed by atoms with Gasteiger partial charge in [-0.3, -0.25) is 4.79 Å². The van der Waals surface area contributed by atoms with Crippen LogP contribution in [-0.2, 0) is 17.8 Å². The molecule has 0 aromatic heterocycles. The maximum absolute atomic E-state index is 11.7. The number of carbonyl (C=O) groups excluding carboxylic acids is 1. The number of amides is 1. The van der Waals surface area contributed by atoms with E-state index in [1.165, 1.54) is 5.56 Å². The molecule has 1 heterocycles. The van der Waals surface area contributed by atoms with Gasteiger partial charge in [0, 0.05) is 19.5 Å². The highest BCUT2D eigenvalue weighted by molar-refractivity contribution is 5.76. The normalized spacial score (nSPS) is 12.9. The zero-order chi connectivity index (χ0) is 15.1. The molecule has 1 aliphatic rings. The van der Waals surface area contributed by atoms with E-state index in [1.54, 1.807) is 14.2 Å². The Morgan fingerprint density at radius 3 is 2.20 bits per heavy atom. The third-order valence-corrected chi connectivity index (χ3v) is 3.37. The predicted molar refractivity (Wildman–Crippen MR) is 80.3 cm³/mol. The zero-order valence-electron chi connectivity index (χ0n) is 13.2. The SMILES string of the molecule is CC.CCC(=O)N1CCc2cc(OC)c(OC)cc2C1. The van der Waals surface area contributed by atoms with Crippen LogP contribution in [0.5, 0.6) is 11.5 Å². The molecule has 4 heteroatoms. The minimum Gasteiger partial charge on any atom is -0.493 e. The Balaban J connectivity index is 0.000000956. The Kier molecular flexibility index (Phi) is 6.36. The molecule has 0 saturated carbocycles. The predicted octanol–water partition coefficient (Wildman–Crippen LogP) is 3.02. The maximum atomic E-state index is 11.7. The van der Waals surface area contributed by atoms with Gasteiger partial charge in [-0.25, -0.2) is 0 Å². The summed E-state index contributed by atoms with van der Waals surface area (Å²) in [6, 6.07) is 3.99. The minimum absolute atomic E-state index is 0.204. The second-order valence-electron chi connectivity index (χ2n) is 4.39. The van der Waals surface area contributed by atoms with Gasteiger partial charge >= 0.3 is 0 Å². The molecular formula is C16H25NO3. The molecule has 20 heavy (non-hydrogen) atoms. The molecule has 2 rings (SSSR count). The summed E-state index contributed by atoms with van der Waals surface area (Å²) in [4.78, 5) is 13.6. The minimum atomic E-state index is 0.204. The van der Waals surface area contributed by atoms with Crippen LogP contribution in [0.2, 0.25) is 0 Å². The third-order valence-electron chi connectivity index (χ3n) is 3.37. The molecule has 4 nitrogen and oxygen atoms in total. The summed E-state index contributed by atoms with van der Waals surface area (Å²) in [6.07, 6.45) is 1.43. The van der Waals surface area contributed by atoms with Crippen molar-refractivity contribution in [2.24, 2.45) is 0 Å². The lowest BCUT2D eigenvalue weighted by molar-refractivity contribution is -0.131. The third kappa shape index (κ3) is 3.44. The van der Waals surface area contributed by atoms with Gasteiger partial charge in [0.1, 0.15) is 0 Å². The Morgan fingerprint density at radius 2 is 1.70 bits per heavy atom. The first-order chi connectivity index (χ1) is 9.69. The molecule has 1 aliphatic heterocycles. The van der Waals surface area contributed by atoms with Gasteiger partial charge in [0.2, 0.25) is 5.91 Å². The summed E-state index contributed by atoms with van der Waals surface area (Å²) in [5.41, 5.74) is 2.40. The number of ether oxygens (including phenoxy) is 2. The number of nitrogens with zero attached hydrogens (tertiary/aromatic N) is 1. The lowest BCUT2D eigenvalue weighted by Gasteiger charge is -2.29. The molecule has 0 unspecified atom stereocenters. The van der Waals surface area contributed by atoms with Crippen molar-refractivity contribution in [3.05, 3.63) is 23.3 Å². The van der Waals surface area contributed by atoms with Gasteiger partial charge in [-0.1, -0.05) is 20.8 Å². The average molecular weight is 279 g/mol. The highest BCUT2D eigenvalue weighted by Crippen LogP contribution is 2.33. The zero-order valence-corrected chi connectivity index (χ0v) is 13.2. The van der Waals surface area contributed by atoms with Gasteiger partial charge in [-0.05, 0) is 29.7 Å². The smallest absolute Gasteiger partial charge is 0.222 e. The van der Waals surface area contributed by atoms with Gasteiger partial charge in [-0.15, -0.1) is 0 Å². The van der Waals surface area contributed by atoms with Crippen LogP contribution in [-0.4, -0.2) is 31.6 Å². The van der Waals surface area contributed by atoms with E-state index in [9.17, 15) is 4.79 Å². The average Bonchev–Trinajstić information content (AvgIpc) is 2.53. The molecule has 1 aromatic rings. The van der Waals surface area contributed by atoms with Crippen LogP contribution >= 0.6 is 0 Å². The van der Waals surface area contributed by atoms with Crippen LogP contribution in [0.25, 0.3) is 0 Å². The molecule has 0 spiro atoms. The van der Waals surface area contributed by atoms with Crippen molar-refractivity contribution >= 4 is 5.91 Å². The lowest BCUT2D eigenvalue weighted by atomic mass is 9.98. The Hall–Kier alpha value is -1.71. The van der Waals surface area contributed by atoms with Gasteiger partial charge in [0.15, 0.2) is 11.5 Å². The number of hydrogen-bond donors (Lipinski definition) is 0. The van der Waals surface area contributed by atoms with E-state index in [-0.39, 0.29) is 5.91 Å². The van der Waals surface area contributed by atoms with Crippen LogP contribution in [0.15, 0.2) is 12.1 Å². The van der Waals surface area contributed by atoms with Crippen LogP contribution in [0.4, 0.5) is 0 Å². The fraction of sp³-hybridized carbons (Fsp3) is 0.562. The Labute approximate surface area is 121 Å². The van der Waals surface area contributed by atoms with E-state index in [1.807, 2.05) is 37.8 Å². The molecule has 112 valence electrons. The summed E-state index contributed by atoms with van der Waals surface area (Å²) in [5.74, 6) is 1.68. The van der Waals surface area contributed by atoms with E-state index >= 15 is 0 Å². The van der Waals surface area contributed by atoms with Gasteiger partial charge < -0.3 is 14.4 Å². The number of fused-ring (bicyclic) bond motifs is 1. The quantitative estimate of drug-likeness (QED) is 0.853. The largest absolute Gasteiger partial charge is 0.493 e. The lowest BCUT2D eigenvalue weighted by Crippen LogP contribution is -2.35. The summed E-state index contributed by atoms with van der Waals surface area (Å²) in [7, 11) is 3.27. The first-order valence-electron chi connectivity index (χ1n) is 7.21. The second kappa shape index (κ2) is 7.78. The molecule has 1 aromatic carbocycles. The summed E-state index contributed by atoms with van der Waals surface area (Å²) >= 11 is 0. The summed E-state index contributed by atoms with van der Waals surface area (Å²) < 4.78 is 10.6. The van der Waals surface area contributed by atoms with E-state index < -0.39 is 0 Å². The topological polar surface area (TPSA) is 38.8 Å². The first kappa shape index (κ1) is 16.3. The van der Waals surface area contributed by atoms with Crippen molar-refractivity contribution in [3.8, 4) is 11.5 Å². The van der Waals surface area contributed by atoms with E-state index in [0.29, 0.717) is 13.0 Å². The van der Waals surface area contributed by atoms with Crippen LogP contribution in [0, 0.1) is 0 Å². The van der Waals surface area contributed by atoms with Crippen LogP contribution in [0.3, 0.4) is 0 Å². The van der Waals surface area contributed by atoms with Crippen LogP contribution < -0.4 is 9.47 Å². The molecule has 0 N–H and O–H groups in total. The highest BCUT2D eigenvalue weighted by Gasteiger charge is 2.21. The van der Waals surface area contributed by atoms with Crippen molar-refractivity contribution < 1.29 is 14.3 Å². The Morgan fingerprint density at radius 1 is 1.15 bits per heavy atom. The second-order valence-corrected chi connectivity index (χ2v) is 4.39. The molecule has 0 atom stereocenters. The number of hydrogen-bond acceptors (Lipinski definition) is 3. The standard InChI is InChI=1S/C14H19NO3.C2H6/c1-4-14(16)15-6-5-10-7-12(17-2)13(18-3)8-11(10)9-15;1-2/h7-8H,4-6,9H2,1-3H3;1-2H3. The van der Waals surface area contributed by atoms with Crippen molar-refractivity contribution in [1.29, 1.82) is 0 Å². The molecule has 0 fully saturated rings. The van der Waals surface area contributed by atoms with E-state index in [0.717, 1.165) is 30.0 Å². The van der Waals surface area contributed by atoms with Crippen molar-refractivity contribution in [2.45, 2.75) is 40.2 Å². The van der Waals surface area contributed by atoms with Crippen molar-refractivity contribution in [3.63, 3.8) is 0 Å². The molecule has 0 saturated heterocycles. The van der Waals surface area contributed by atoms with E-state index in [4.69, 9.17) is 9.47 Å². The van der Waals surface area contributed by atoms with Gasteiger partial charge in [-0.2, -0.15) is 0 Å². The molecule has 1 amide bonds. The molecule has 0 radical (unpaired) electrons. The summed E-state index contributed by atoms with van der Waals surface area (Å²) in [5, 5.41) is 0. The maximum Gasteiger partial charge on any atom is 0.222 e. The number of methoxy groups -OCH3 is 2. The molecular weight excluding hydrogens is 254 g/mol. The van der Waals surface area contributed by atoms with Gasteiger partial charge in [0.05, 0.1) is 14.2 Å². The monoisotopic (exact) mass is 279 g/mol. The van der Waals surface area contributed by atoms with Crippen LogP contribution in [0.1, 0.15) is 38.3 Å². The van der Waals surface area contributed by atoms with Crippen molar-refractivity contribution in [1.82, 2.24) is 4.90 Å². The van der Waals surface area contributed by atoms with E-state index in [2.05, 4.69) is 0 Å². The van der Waals surface area contributed by atoms with Gasteiger partial charge in [0.25, 0.3) is 0 Å². The fourth-order valence-corrected chi connectivity index (χ4v) is 2.32. The number of rotatable bonds is 3. The highest BCUT2D eigenvalue weighted by atomic mass is 16.5. The Bertz CT molecular complexity index is 457. The summed E-state index contributed by atoms with van der Waals surface area (Å²) in [6.45, 7) is 7.35.